The molecule has 0 bridgehead atoms. The lowest BCUT2D eigenvalue weighted by Crippen LogP contribution is -2.46. The van der Waals surface area contributed by atoms with E-state index in [2.05, 4.69) is 4.99 Å². The summed E-state index contributed by atoms with van der Waals surface area (Å²) in [4.78, 5) is 32.1. The molecule has 7 heteroatoms. The molecule has 1 fully saturated rings. The van der Waals surface area contributed by atoms with Crippen LogP contribution in [0, 0.1) is 0 Å². The van der Waals surface area contributed by atoms with Crippen LogP contribution < -0.4 is 4.74 Å². The third kappa shape index (κ3) is 4.72. The first-order valence-electron chi connectivity index (χ1n) is 10.7. The van der Waals surface area contributed by atoms with Gasteiger partial charge in [-0.2, -0.15) is 0 Å². The molecule has 0 radical (unpaired) electrons. The molecule has 1 unspecified atom stereocenters. The van der Waals surface area contributed by atoms with Gasteiger partial charge in [-0.15, -0.1) is 0 Å². The molecular formula is C25H26N2O4S. The maximum atomic E-state index is 13.0. The molecule has 0 N–H and O–H groups in total. The SMILES string of the molecule is CC1=C(C(=O)OC(C)C)C(c2ccc(OCc3ccccc3)cc2)N2C(=O)CCSC2=N1. The topological polar surface area (TPSA) is 68.2 Å². The van der Waals surface area contributed by atoms with Gasteiger partial charge in [-0.1, -0.05) is 54.2 Å². The van der Waals surface area contributed by atoms with Crippen molar-refractivity contribution in [3.05, 3.63) is 77.0 Å². The molecular weight excluding hydrogens is 424 g/mol. The van der Waals surface area contributed by atoms with Gasteiger partial charge in [-0.25, -0.2) is 9.79 Å². The Balaban J connectivity index is 1.64. The minimum absolute atomic E-state index is 0.0424. The van der Waals surface area contributed by atoms with Gasteiger partial charge >= 0.3 is 5.97 Å². The molecule has 1 atom stereocenters. The quantitative estimate of drug-likeness (QED) is 0.588. The van der Waals surface area contributed by atoms with E-state index >= 15 is 0 Å². The van der Waals surface area contributed by atoms with E-state index in [1.165, 1.54) is 11.8 Å². The summed E-state index contributed by atoms with van der Waals surface area (Å²) in [7, 11) is 0. The predicted molar refractivity (Wildman–Crippen MR) is 125 cm³/mol. The van der Waals surface area contributed by atoms with Crippen molar-refractivity contribution in [2.45, 2.75) is 45.9 Å². The molecule has 0 aliphatic carbocycles. The van der Waals surface area contributed by atoms with Crippen LogP contribution in [0.2, 0.25) is 0 Å². The van der Waals surface area contributed by atoms with Gasteiger partial charge in [0.25, 0.3) is 0 Å². The van der Waals surface area contributed by atoms with Crippen LogP contribution in [0.4, 0.5) is 0 Å². The summed E-state index contributed by atoms with van der Waals surface area (Å²) in [6.45, 7) is 5.88. The van der Waals surface area contributed by atoms with Crippen LogP contribution in [0.15, 0.2) is 70.9 Å². The lowest BCUT2D eigenvalue weighted by Gasteiger charge is -2.39. The third-order valence-corrected chi connectivity index (χ3v) is 6.17. The van der Waals surface area contributed by atoms with Crippen LogP contribution in [0.25, 0.3) is 0 Å². The van der Waals surface area contributed by atoms with Crippen molar-refractivity contribution >= 4 is 28.8 Å². The highest BCUT2D eigenvalue weighted by atomic mass is 32.2. The number of rotatable bonds is 6. The first-order valence-corrected chi connectivity index (χ1v) is 11.6. The lowest BCUT2D eigenvalue weighted by molar-refractivity contribution is -0.143. The van der Waals surface area contributed by atoms with Crippen molar-refractivity contribution < 1.29 is 19.1 Å². The minimum Gasteiger partial charge on any atom is -0.489 e. The van der Waals surface area contributed by atoms with Crippen LogP contribution in [0.3, 0.4) is 0 Å². The van der Waals surface area contributed by atoms with E-state index in [0.717, 1.165) is 11.1 Å². The standard InChI is InChI=1S/C25H26N2O4S/c1-16(2)31-24(29)22-17(3)26-25-27(21(28)13-14-32-25)23(22)19-9-11-20(12-10-19)30-15-18-7-5-4-6-8-18/h4-12,16,23H,13-15H2,1-3H3. The second-order valence-corrected chi connectivity index (χ2v) is 9.02. The molecule has 2 aliphatic heterocycles. The first-order chi connectivity index (χ1) is 15.4. The molecule has 166 valence electrons. The Morgan fingerprint density at radius 3 is 2.56 bits per heavy atom. The average molecular weight is 451 g/mol. The van der Waals surface area contributed by atoms with Gasteiger partial charge in [0.1, 0.15) is 12.4 Å². The highest BCUT2D eigenvalue weighted by molar-refractivity contribution is 8.14. The average Bonchev–Trinajstić information content (AvgIpc) is 2.77. The van der Waals surface area contributed by atoms with Gasteiger partial charge in [-0.05, 0) is 44.0 Å². The van der Waals surface area contributed by atoms with E-state index in [0.29, 0.717) is 41.0 Å². The maximum Gasteiger partial charge on any atom is 0.338 e. The fraction of sp³-hybridized carbons (Fsp3) is 0.320. The van der Waals surface area contributed by atoms with E-state index in [4.69, 9.17) is 9.47 Å². The summed E-state index contributed by atoms with van der Waals surface area (Å²) < 4.78 is 11.4. The Morgan fingerprint density at radius 1 is 1.16 bits per heavy atom. The van der Waals surface area contributed by atoms with Gasteiger partial charge < -0.3 is 9.47 Å². The van der Waals surface area contributed by atoms with Crippen LogP contribution in [-0.2, 0) is 20.9 Å². The number of esters is 1. The van der Waals surface area contributed by atoms with E-state index in [1.54, 1.807) is 25.7 Å². The molecule has 0 aromatic heterocycles. The molecule has 0 saturated carbocycles. The zero-order chi connectivity index (χ0) is 22.7. The summed E-state index contributed by atoms with van der Waals surface area (Å²) >= 11 is 1.53. The van der Waals surface area contributed by atoms with Gasteiger partial charge in [-0.3, -0.25) is 9.69 Å². The van der Waals surface area contributed by atoms with Crippen molar-refractivity contribution in [2.75, 3.05) is 5.75 Å². The maximum absolute atomic E-state index is 13.0. The normalized spacial score (nSPS) is 18.4. The van der Waals surface area contributed by atoms with E-state index in [1.807, 2.05) is 54.6 Å². The fourth-order valence-corrected chi connectivity index (χ4v) is 4.74. The van der Waals surface area contributed by atoms with Crippen LogP contribution >= 0.6 is 11.8 Å². The molecule has 0 spiro atoms. The number of hydrogen-bond acceptors (Lipinski definition) is 6. The number of fused-ring (bicyclic) bond motifs is 1. The van der Waals surface area contributed by atoms with E-state index < -0.39 is 12.0 Å². The third-order valence-electron chi connectivity index (χ3n) is 5.21. The first kappa shape index (κ1) is 22.1. The number of carbonyl (C=O) groups excluding carboxylic acids is 2. The van der Waals surface area contributed by atoms with E-state index in [-0.39, 0.29) is 12.0 Å². The van der Waals surface area contributed by atoms with Gasteiger partial charge in [0, 0.05) is 12.2 Å². The Hall–Kier alpha value is -3.06. The molecule has 4 rings (SSSR count). The monoisotopic (exact) mass is 450 g/mol. The Bertz CT molecular complexity index is 1060. The van der Waals surface area contributed by atoms with Crippen molar-refractivity contribution in [2.24, 2.45) is 4.99 Å². The largest absolute Gasteiger partial charge is 0.489 e. The number of thioether (sulfide) groups is 1. The number of amides is 1. The second-order valence-electron chi connectivity index (χ2n) is 7.96. The smallest absolute Gasteiger partial charge is 0.338 e. The summed E-state index contributed by atoms with van der Waals surface area (Å²) in [6.07, 6.45) is 0.137. The summed E-state index contributed by atoms with van der Waals surface area (Å²) in [5.41, 5.74) is 2.88. The molecule has 32 heavy (non-hydrogen) atoms. The molecule has 2 aromatic rings. The number of aliphatic imine (C=N–C) groups is 1. The van der Waals surface area contributed by atoms with Crippen molar-refractivity contribution in [1.29, 1.82) is 0 Å². The second kappa shape index (κ2) is 9.61. The number of carbonyl (C=O) groups is 2. The van der Waals surface area contributed by atoms with Crippen molar-refractivity contribution in [3.63, 3.8) is 0 Å². The van der Waals surface area contributed by atoms with Gasteiger partial charge in [0.2, 0.25) is 5.91 Å². The van der Waals surface area contributed by atoms with Gasteiger partial charge in [0.15, 0.2) is 5.17 Å². The molecule has 2 aliphatic rings. The molecule has 2 aromatic carbocycles. The lowest BCUT2D eigenvalue weighted by atomic mass is 9.94. The van der Waals surface area contributed by atoms with Crippen LogP contribution in [-0.4, -0.2) is 33.8 Å². The van der Waals surface area contributed by atoms with Crippen molar-refractivity contribution in [1.82, 2.24) is 4.90 Å². The Labute approximate surface area is 192 Å². The van der Waals surface area contributed by atoms with Gasteiger partial charge in [0.05, 0.1) is 23.4 Å². The number of ether oxygens (including phenoxy) is 2. The predicted octanol–water partition coefficient (Wildman–Crippen LogP) is 4.87. The fourth-order valence-electron chi connectivity index (χ4n) is 3.74. The number of nitrogens with zero attached hydrogens (tertiary/aromatic N) is 2. The Kier molecular flexibility index (Phi) is 6.65. The molecule has 1 amide bonds. The zero-order valence-electron chi connectivity index (χ0n) is 18.4. The molecule has 2 heterocycles. The number of amidine groups is 1. The molecule has 6 nitrogen and oxygen atoms in total. The van der Waals surface area contributed by atoms with E-state index in [9.17, 15) is 9.59 Å². The zero-order valence-corrected chi connectivity index (χ0v) is 19.2. The number of benzene rings is 2. The number of hydrogen-bond donors (Lipinski definition) is 0. The molecule has 1 saturated heterocycles. The summed E-state index contributed by atoms with van der Waals surface area (Å²) in [6, 6.07) is 16.9. The minimum atomic E-state index is -0.572. The summed E-state index contributed by atoms with van der Waals surface area (Å²) in [5.74, 6) is 0.914. The highest BCUT2D eigenvalue weighted by Gasteiger charge is 2.41. The van der Waals surface area contributed by atoms with Crippen LogP contribution in [0.5, 0.6) is 5.75 Å². The van der Waals surface area contributed by atoms with Crippen LogP contribution in [0.1, 0.15) is 44.4 Å². The highest BCUT2D eigenvalue weighted by Crippen LogP contribution is 2.40. The summed E-state index contributed by atoms with van der Waals surface area (Å²) in [5, 5.41) is 0.634. The number of allylic oxidation sites excluding steroid dienone is 1. The van der Waals surface area contributed by atoms with Crippen molar-refractivity contribution in [3.8, 4) is 5.75 Å². The Morgan fingerprint density at radius 2 is 1.88 bits per heavy atom.